The second kappa shape index (κ2) is 12.4. The highest BCUT2D eigenvalue weighted by molar-refractivity contribution is 7.99. The highest BCUT2D eigenvalue weighted by atomic mass is 32.2. The molecule has 0 fully saturated rings. The summed E-state index contributed by atoms with van der Waals surface area (Å²) in [6.07, 6.45) is 0.559. The Morgan fingerprint density at radius 3 is 2.19 bits per heavy atom. The Hall–Kier alpha value is -2.47. The predicted octanol–water partition coefficient (Wildman–Crippen LogP) is 4.57. The summed E-state index contributed by atoms with van der Waals surface area (Å²) in [6.45, 7) is 8.25. The average Bonchev–Trinajstić information content (AvgIpc) is 2.74. The molecule has 0 saturated heterocycles. The summed E-state index contributed by atoms with van der Waals surface area (Å²) in [6, 6.07) is 15.5. The number of methoxy groups -OCH3 is 1. The molecule has 0 bridgehead atoms. The van der Waals surface area contributed by atoms with Gasteiger partial charge in [-0.15, -0.1) is 11.8 Å². The van der Waals surface area contributed by atoms with Crippen molar-refractivity contribution in [2.75, 3.05) is 12.9 Å². The van der Waals surface area contributed by atoms with Crippen molar-refractivity contribution in [1.29, 1.82) is 0 Å². The molecule has 5 nitrogen and oxygen atoms in total. The summed E-state index contributed by atoms with van der Waals surface area (Å²) < 4.78 is 5.23. The maximum Gasteiger partial charge on any atom is 0.243 e. The number of carbonyl (C=O) groups is 2. The van der Waals surface area contributed by atoms with Gasteiger partial charge in [0.05, 0.1) is 12.9 Å². The summed E-state index contributed by atoms with van der Waals surface area (Å²) in [7, 11) is 1.62. The van der Waals surface area contributed by atoms with E-state index >= 15 is 0 Å². The number of thioether (sulfide) groups is 1. The molecule has 0 heterocycles. The number of benzene rings is 2. The van der Waals surface area contributed by atoms with E-state index in [1.165, 1.54) is 11.1 Å². The Labute approximate surface area is 190 Å². The smallest absolute Gasteiger partial charge is 0.243 e. The summed E-state index contributed by atoms with van der Waals surface area (Å²) >= 11 is 1.58. The molecule has 0 aliphatic carbocycles. The van der Waals surface area contributed by atoms with E-state index in [-0.39, 0.29) is 17.9 Å². The van der Waals surface area contributed by atoms with Crippen LogP contribution in [0, 0.1) is 6.92 Å². The van der Waals surface area contributed by atoms with Gasteiger partial charge in [-0.3, -0.25) is 9.59 Å². The Morgan fingerprint density at radius 2 is 1.65 bits per heavy atom. The molecule has 0 radical (unpaired) electrons. The molecule has 0 aliphatic heterocycles. The van der Waals surface area contributed by atoms with E-state index < -0.39 is 6.04 Å². The number of hydrogen-bond donors (Lipinski definition) is 1. The van der Waals surface area contributed by atoms with E-state index in [0.29, 0.717) is 18.7 Å². The molecular formula is C25H34N2O3S. The lowest BCUT2D eigenvalue weighted by molar-refractivity contribution is -0.139. The van der Waals surface area contributed by atoms with Crippen molar-refractivity contribution in [3.8, 4) is 5.75 Å². The molecule has 1 atom stereocenters. The van der Waals surface area contributed by atoms with Crippen LogP contribution in [0.25, 0.3) is 0 Å². The molecule has 0 spiro atoms. The van der Waals surface area contributed by atoms with Gasteiger partial charge in [0.1, 0.15) is 11.8 Å². The van der Waals surface area contributed by atoms with Gasteiger partial charge in [0, 0.05) is 18.3 Å². The van der Waals surface area contributed by atoms with E-state index in [1.54, 1.807) is 23.8 Å². The van der Waals surface area contributed by atoms with Crippen molar-refractivity contribution in [3.63, 3.8) is 0 Å². The number of amides is 2. The lowest BCUT2D eigenvalue weighted by Crippen LogP contribution is -2.50. The SMILES string of the molecule is CC[C@@H](C(=O)NC(C)C)N(Cc1ccc(OC)cc1)C(=O)CSCc1ccc(C)cc1. The summed E-state index contributed by atoms with van der Waals surface area (Å²) in [5.74, 6) is 1.72. The third-order valence-corrected chi connectivity index (χ3v) is 5.93. The molecule has 6 heteroatoms. The zero-order chi connectivity index (χ0) is 22.8. The Bertz CT molecular complexity index is 835. The molecule has 31 heavy (non-hydrogen) atoms. The molecule has 1 N–H and O–H groups in total. The van der Waals surface area contributed by atoms with E-state index in [0.717, 1.165) is 17.1 Å². The van der Waals surface area contributed by atoms with Crippen LogP contribution in [0.1, 0.15) is 43.9 Å². The van der Waals surface area contributed by atoms with Gasteiger partial charge in [0.25, 0.3) is 0 Å². The van der Waals surface area contributed by atoms with Crippen molar-refractivity contribution in [2.24, 2.45) is 0 Å². The minimum absolute atomic E-state index is 0.0235. The quantitative estimate of drug-likeness (QED) is 0.554. The molecule has 2 aromatic rings. The van der Waals surface area contributed by atoms with Gasteiger partial charge < -0.3 is 15.0 Å². The van der Waals surface area contributed by atoms with E-state index in [4.69, 9.17) is 4.74 Å². The first-order valence-electron chi connectivity index (χ1n) is 10.7. The number of hydrogen-bond acceptors (Lipinski definition) is 4. The van der Waals surface area contributed by atoms with Crippen LogP contribution in [-0.4, -0.2) is 41.7 Å². The van der Waals surface area contributed by atoms with Crippen molar-refractivity contribution >= 4 is 23.6 Å². The fourth-order valence-corrected chi connectivity index (χ4v) is 4.12. The first-order chi connectivity index (χ1) is 14.8. The molecule has 0 aromatic heterocycles. The lowest BCUT2D eigenvalue weighted by atomic mass is 10.1. The summed E-state index contributed by atoms with van der Waals surface area (Å²) in [5, 5.41) is 2.96. The average molecular weight is 443 g/mol. The van der Waals surface area contributed by atoms with Crippen LogP contribution < -0.4 is 10.1 Å². The maximum atomic E-state index is 13.2. The normalized spacial score (nSPS) is 11.8. The van der Waals surface area contributed by atoms with Gasteiger partial charge in [-0.2, -0.15) is 0 Å². The third-order valence-electron chi connectivity index (χ3n) is 4.94. The zero-order valence-corrected chi connectivity index (χ0v) is 20.0. The zero-order valence-electron chi connectivity index (χ0n) is 19.2. The molecular weight excluding hydrogens is 408 g/mol. The summed E-state index contributed by atoms with van der Waals surface area (Å²) in [5.41, 5.74) is 3.38. The number of ether oxygens (including phenoxy) is 1. The Kier molecular flexibility index (Phi) is 9.92. The second-order valence-electron chi connectivity index (χ2n) is 7.94. The number of nitrogens with one attached hydrogen (secondary N) is 1. The highest BCUT2D eigenvalue weighted by Crippen LogP contribution is 2.19. The van der Waals surface area contributed by atoms with Crippen molar-refractivity contribution in [1.82, 2.24) is 10.2 Å². The largest absolute Gasteiger partial charge is 0.497 e. The minimum atomic E-state index is -0.503. The van der Waals surface area contributed by atoms with Gasteiger partial charge in [-0.25, -0.2) is 0 Å². The van der Waals surface area contributed by atoms with E-state index in [1.807, 2.05) is 45.0 Å². The maximum absolute atomic E-state index is 13.2. The fourth-order valence-electron chi connectivity index (χ4n) is 3.25. The minimum Gasteiger partial charge on any atom is -0.497 e. The van der Waals surface area contributed by atoms with Crippen molar-refractivity contribution < 1.29 is 14.3 Å². The second-order valence-corrected chi connectivity index (χ2v) is 8.92. The van der Waals surface area contributed by atoms with Crippen LogP contribution >= 0.6 is 11.8 Å². The van der Waals surface area contributed by atoms with Gasteiger partial charge >= 0.3 is 0 Å². The number of aryl methyl sites for hydroxylation is 1. The number of carbonyl (C=O) groups excluding carboxylic acids is 2. The van der Waals surface area contributed by atoms with Crippen molar-refractivity contribution in [2.45, 2.75) is 58.5 Å². The number of rotatable bonds is 11. The molecule has 0 saturated carbocycles. The topological polar surface area (TPSA) is 58.6 Å². The Balaban J connectivity index is 2.12. The van der Waals surface area contributed by atoms with E-state index in [2.05, 4.69) is 36.5 Å². The van der Waals surface area contributed by atoms with Crippen LogP contribution in [0.15, 0.2) is 48.5 Å². The molecule has 2 amide bonds. The van der Waals surface area contributed by atoms with Gasteiger partial charge in [0.2, 0.25) is 11.8 Å². The van der Waals surface area contributed by atoms with Gasteiger partial charge in [-0.05, 0) is 50.5 Å². The van der Waals surface area contributed by atoms with Crippen LogP contribution in [0.3, 0.4) is 0 Å². The monoisotopic (exact) mass is 442 g/mol. The van der Waals surface area contributed by atoms with Gasteiger partial charge in [0.15, 0.2) is 0 Å². The molecule has 0 unspecified atom stereocenters. The third kappa shape index (κ3) is 7.94. The van der Waals surface area contributed by atoms with Crippen LogP contribution in [0.2, 0.25) is 0 Å². The molecule has 2 aromatic carbocycles. The molecule has 168 valence electrons. The van der Waals surface area contributed by atoms with Gasteiger partial charge in [-0.1, -0.05) is 48.9 Å². The van der Waals surface area contributed by atoms with Crippen LogP contribution in [0.5, 0.6) is 5.75 Å². The first kappa shape index (κ1) is 24.8. The van der Waals surface area contributed by atoms with Crippen molar-refractivity contribution in [3.05, 3.63) is 65.2 Å². The summed E-state index contributed by atoms with van der Waals surface area (Å²) in [4.78, 5) is 27.7. The molecule has 2 rings (SSSR count). The molecule has 0 aliphatic rings. The van der Waals surface area contributed by atoms with E-state index in [9.17, 15) is 9.59 Å². The number of nitrogens with zero attached hydrogens (tertiary/aromatic N) is 1. The fraction of sp³-hybridized carbons (Fsp3) is 0.440. The standard InChI is InChI=1S/C25H34N2O3S/c1-6-23(25(29)26-18(2)3)27(15-20-11-13-22(30-5)14-12-20)24(28)17-31-16-21-9-7-19(4)8-10-21/h7-14,18,23H,6,15-17H2,1-5H3,(H,26,29)/t23-/m0/s1. The predicted molar refractivity (Wildman–Crippen MR) is 128 cm³/mol. The van der Waals surface area contributed by atoms with Crippen LogP contribution in [-0.2, 0) is 21.9 Å². The Morgan fingerprint density at radius 1 is 1.03 bits per heavy atom. The highest BCUT2D eigenvalue weighted by Gasteiger charge is 2.28. The first-order valence-corrected chi connectivity index (χ1v) is 11.9. The lowest BCUT2D eigenvalue weighted by Gasteiger charge is -2.31. The van der Waals surface area contributed by atoms with Crippen LogP contribution in [0.4, 0.5) is 0 Å².